The number of nitrogens with zero attached hydrogens (tertiary/aromatic N) is 3. The molecule has 5 nitrogen and oxygen atoms in total. The molecule has 6 heteroatoms. The van der Waals surface area contributed by atoms with Crippen molar-refractivity contribution in [2.45, 2.75) is 13.0 Å². The van der Waals surface area contributed by atoms with Gasteiger partial charge in [0, 0.05) is 17.6 Å². The second-order valence-corrected chi connectivity index (χ2v) is 6.50. The molecule has 3 heterocycles. The van der Waals surface area contributed by atoms with Crippen molar-refractivity contribution in [2.75, 3.05) is 12.4 Å². The van der Waals surface area contributed by atoms with E-state index >= 15 is 0 Å². The maximum atomic E-state index is 5.21. The highest BCUT2D eigenvalue weighted by Gasteiger charge is 2.14. The Balaban J connectivity index is 1.70. The van der Waals surface area contributed by atoms with Crippen LogP contribution in [-0.2, 0) is 0 Å². The Hall–Kier alpha value is -2.73. The average molecular weight is 336 g/mol. The van der Waals surface area contributed by atoms with Crippen LogP contribution in [0.3, 0.4) is 0 Å². The number of benzene rings is 1. The highest BCUT2D eigenvalue weighted by atomic mass is 32.1. The molecule has 1 aromatic carbocycles. The van der Waals surface area contributed by atoms with E-state index in [1.165, 1.54) is 5.56 Å². The van der Waals surface area contributed by atoms with Gasteiger partial charge in [0.1, 0.15) is 22.7 Å². The van der Waals surface area contributed by atoms with Gasteiger partial charge in [0.25, 0.3) is 0 Å². The Kier molecular flexibility index (Phi) is 3.74. The largest absolute Gasteiger partial charge is 0.497 e. The number of methoxy groups -OCH3 is 1. The number of fused-ring (bicyclic) bond motifs is 3. The van der Waals surface area contributed by atoms with Crippen molar-refractivity contribution in [1.29, 1.82) is 0 Å². The summed E-state index contributed by atoms with van der Waals surface area (Å²) in [5.74, 6) is 1.69. The number of nitrogens with one attached hydrogen (secondary N) is 1. The van der Waals surface area contributed by atoms with Gasteiger partial charge in [-0.1, -0.05) is 12.1 Å². The zero-order valence-corrected chi connectivity index (χ0v) is 14.2. The summed E-state index contributed by atoms with van der Waals surface area (Å²) < 4.78 is 6.25. The lowest BCUT2D eigenvalue weighted by atomic mass is 10.1. The maximum absolute atomic E-state index is 5.21. The molecule has 120 valence electrons. The molecule has 0 spiro atoms. The van der Waals surface area contributed by atoms with Gasteiger partial charge in [0.15, 0.2) is 0 Å². The van der Waals surface area contributed by atoms with E-state index in [0.29, 0.717) is 0 Å². The molecule has 1 atom stereocenters. The maximum Gasteiger partial charge on any atom is 0.148 e. The Bertz CT molecular complexity index is 997. The van der Waals surface area contributed by atoms with Crippen molar-refractivity contribution in [3.63, 3.8) is 0 Å². The summed E-state index contributed by atoms with van der Waals surface area (Å²) in [5, 5.41) is 4.56. The minimum atomic E-state index is 0.118. The van der Waals surface area contributed by atoms with Crippen LogP contribution in [0.25, 0.3) is 20.4 Å². The van der Waals surface area contributed by atoms with E-state index in [-0.39, 0.29) is 6.04 Å². The molecule has 1 unspecified atom stereocenters. The summed E-state index contributed by atoms with van der Waals surface area (Å²) in [6.45, 7) is 2.11. The number of pyridine rings is 1. The normalized spacial score (nSPS) is 12.4. The van der Waals surface area contributed by atoms with Gasteiger partial charge in [-0.2, -0.15) is 0 Å². The summed E-state index contributed by atoms with van der Waals surface area (Å²) in [6.07, 6.45) is 3.41. The van der Waals surface area contributed by atoms with Crippen LogP contribution in [0, 0.1) is 0 Å². The van der Waals surface area contributed by atoms with E-state index in [4.69, 9.17) is 4.74 Å². The molecule has 1 N–H and O–H groups in total. The van der Waals surface area contributed by atoms with Crippen LogP contribution in [0.2, 0.25) is 0 Å². The van der Waals surface area contributed by atoms with E-state index in [1.807, 2.05) is 24.3 Å². The summed E-state index contributed by atoms with van der Waals surface area (Å²) in [4.78, 5) is 14.3. The van der Waals surface area contributed by atoms with Gasteiger partial charge in [-0.3, -0.25) is 0 Å². The third-order valence-electron chi connectivity index (χ3n) is 4.00. The van der Waals surface area contributed by atoms with Crippen molar-refractivity contribution >= 4 is 37.6 Å². The molecule has 0 amide bonds. The molecule has 0 aliphatic heterocycles. The second kappa shape index (κ2) is 6.05. The number of hydrogen-bond donors (Lipinski definition) is 1. The van der Waals surface area contributed by atoms with Crippen molar-refractivity contribution in [1.82, 2.24) is 15.0 Å². The van der Waals surface area contributed by atoms with Gasteiger partial charge in [-0.05, 0) is 36.8 Å². The Labute approximate surface area is 143 Å². The minimum absolute atomic E-state index is 0.118. The number of hydrogen-bond acceptors (Lipinski definition) is 6. The van der Waals surface area contributed by atoms with Crippen LogP contribution < -0.4 is 10.1 Å². The predicted octanol–water partition coefficient (Wildman–Crippen LogP) is 4.42. The Morgan fingerprint density at radius 2 is 1.92 bits per heavy atom. The fraction of sp³-hybridized carbons (Fsp3) is 0.167. The molecule has 24 heavy (non-hydrogen) atoms. The highest BCUT2D eigenvalue weighted by molar-refractivity contribution is 7.25. The lowest BCUT2D eigenvalue weighted by molar-refractivity contribution is 0.414. The number of anilines is 1. The lowest BCUT2D eigenvalue weighted by Gasteiger charge is -2.15. The summed E-state index contributed by atoms with van der Waals surface area (Å²) in [7, 11) is 1.67. The van der Waals surface area contributed by atoms with Gasteiger partial charge >= 0.3 is 0 Å². The van der Waals surface area contributed by atoms with Gasteiger partial charge in [0.05, 0.1) is 17.3 Å². The van der Waals surface area contributed by atoms with E-state index in [9.17, 15) is 0 Å². The average Bonchev–Trinajstić information content (AvgIpc) is 3.02. The molecule has 0 aliphatic carbocycles. The molecule has 0 aliphatic rings. The third kappa shape index (κ3) is 2.55. The SMILES string of the molecule is COc1ccc(C(C)Nc2ncnc3c2sc2ncccc23)cc1. The monoisotopic (exact) mass is 336 g/mol. The van der Waals surface area contributed by atoms with Crippen molar-refractivity contribution in [3.05, 3.63) is 54.5 Å². The fourth-order valence-electron chi connectivity index (χ4n) is 2.70. The number of aromatic nitrogens is 3. The van der Waals surface area contributed by atoms with E-state index < -0.39 is 0 Å². The smallest absolute Gasteiger partial charge is 0.148 e. The molecule has 0 bridgehead atoms. The number of thiophene rings is 1. The molecule has 4 aromatic rings. The van der Waals surface area contributed by atoms with Gasteiger partial charge in [-0.15, -0.1) is 11.3 Å². The molecule has 0 radical (unpaired) electrons. The highest BCUT2D eigenvalue weighted by Crippen LogP contribution is 2.35. The first-order valence-corrected chi connectivity index (χ1v) is 8.46. The van der Waals surface area contributed by atoms with Crippen LogP contribution in [-0.4, -0.2) is 22.1 Å². The van der Waals surface area contributed by atoms with E-state index in [1.54, 1.807) is 31.0 Å². The van der Waals surface area contributed by atoms with Crippen LogP contribution in [0.4, 0.5) is 5.82 Å². The molecule has 0 saturated heterocycles. The van der Waals surface area contributed by atoms with Crippen LogP contribution >= 0.6 is 11.3 Å². The quantitative estimate of drug-likeness (QED) is 0.598. The van der Waals surface area contributed by atoms with Crippen molar-refractivity contribution in [3.8, 4) is 5.75 Å². The fourth-order valence-corrected chi connectivity index (χ4v) is 3.74. The van der Waals surface area contributed by atoms with Gasteiger partial charge < -0.3 is 10.1 Å². The van der Waals surface area contributed by atoms with Crippen molar-refractivity contribution in [2.24, 2.45) is 0 Å². The first kappa shape index (κ1) is 14.8. The standard InChI is InChI=1S/C18H16N4OS/c1-11(12-5-7-13(23-2)8-6-12)22-17-16-15(20-10-21-17)14-4-3-9-19-18(14)24-16/h3-11H,1-2H3,(H,20,21,22). The topological polar surface area (TPSA) is 59.9 Å². The Morgan fingerprint density at radius 3 is 2.71 bits per heavy atom. The zero-order valence-electron chi connectivity index (χ0n) is 13.4. The lowest BCUT2D eigenvalue weighted by Crippen LogP contribution is -2.08. The molecular weight excluding hydrogens is 320 g/mol. The number of ether oxygens (including phenoxy) is 1. The van der Waals surface area contributed by atoms with Gasteiger partial charge in [0.2, 0.25) is 0 Å². The number of rotatable bonds is 4. The first-order valence-electron chi connectivity index (χ1n) is 7.65. The first-order chi connectivity index (χ1) is 11.8. The van der Waals surface area contributed by atoms with Crippen molar-refractivity contribution < 1.29 is 4.74 Å². The molecule has 4 rings (SSSR count). The van der Waals surface area contributed by atoms with E-state index in [0.717, 1.165) is 32.0 Å². The summed E-state index contributed by atoms with van der Waals surface area (Å²) in [5.41, 5.74) is 2.12. The molecule has 3 aromatic heterocycles. The molecular formula is C18H16N4OS. The molecule has 0 saturated carbocycles. The Morgan fingerprint density at radius 1 is 1.08 bits per heavy atom. The van der Waals surface area contributed by atoms with Crippen LogP contribution in [0.1, 0.15) is 18.5 Å². The summed E-state index contributed by atoms with van der Waals surface area (Å²) in [6, 6.07) is 12.1. The minimum Gasteiger partial charge on any atom is -0.497 e. The van der Waals surface area contributed by atoms with Crippen LogP contribution in [0.15, 0.2) is 48.9 Å². The van der Waals surface area contributed by atoms with Gasteiger partial charge in [-0.25, -0.2) is 15.0 Å². The zero-order chi connectivity index (χ0) is 16.5. The predicted molar refractivity (Wildman–Crippen MR) is 97.7 cm³/mol. The summed E-state index contributed by atoms with van der Waals surface area (Å²) >= 11 is 1.61. The van der Waals surface area contributed by atoms with E-state index in [2.05, 4.69) is 39.3 Å². The second-order valence-electron chi connectivity index (χ2n) is 5.50. The van der Waals surface area contributed by atoms with Crippen LogP contribution in [0.5, 0.6) is 5.75 Å². The third-order valence-corrected chi connectivity index (χ3v) is 5.11. The molecule has 0 fully saturated rings.